The number of aliphatic carboxylic acids is 1. The molecule has 7 heteroatoms. The van der Waals surface area contributed by atoms with Gasteiger partial charge >= 0.3 is 5.97 Å². The van der Waals surface area contributed by atoms with Gasteiger partial charge in [0.2, 0.25) is 0 Å². The molecule has 0 aromatic heterocycles. The van der Waals surface area contributed by atoms with Crippen molar-refractivity contribution in [1.82, 2.24) is 15.1 Å². The van der Waals surface area contributed by atoms with Gasteiger partial charge in [-0.1, -0.05) is 13.0 Å². The lowest BCUT2D eigenvalue weighted by Crippen LogP contribution is -2.54. The second-order valence-corrected chi connectivity index (χ2v) is 6.53. The molecule has 1 aliphatic rings. The molecule has 2 rings (SSSR count). The fraction of sp³-hybridized carbons (Fsp3) is 0.500. The third kappa shape index (κ3) is 4.79. The molecule has 1 fully saturated rings. The molecule has 136 valence electrons. The topological polar surface area (TPSA) is 90.0 Å². The molecular formula is C18H25N3O4. The van der Waals surface area contributed by atoms with Crippen molar-refractivity contribution < 1.29 is 19.5 Å². The molecule has 0 unspecified atom stereocenters. The minimum atomic E-state index is -0.836. The van der Waals surface area contributed by atoms with Crippen LogP contribution in [0.25, 0.3) is 0 Å². The Kier molecular flexibility index (Phi) is 6.14. The number of rotatable bonds is 7. The molecule has 2 N–H and O–H groups in total. The minimum absolute atomic E-state index is 0.0243. The summed E-state index contributed by atoms with van der Waals surface area (Å²) in [6.45, 7) is 2.63. The van der Waals surface area contributed by atoms with E-state index in [0.717, 1.165) is 12.8 Å². The number of carbonyl (C=O) groups excluding carboxylic acids is 2. The second kappa shape index (κ2) is 8.11. The lowest BCUT2D eigenvalue weighted by Gasteiger charge is -2.42. The summed E-state index contributed by atoms with van der Waals surface area (Å²) in [5.74, 6) is -1.19. The van der Waals surface area contributed by atoms with Crippen molar-refractivity contribution >= 4 is 17.8 Å². The average Bonchev–Trinajstić information content (AvgIpc) is 2.54. The van der Waals surface area contributed by atoms with Crippen molar-refractivity contribution in [2.45, 2.75) is 31.8 Å². The number of carbonyl (C=O) groups is 3. The maximum Gasteiger partial charge on any atom is 0.317 e. The first kappa shape index (κ1) is 18.9. The van der Waals surface area contributed by atoms with Crippen LogP contribution >= 0.6 is 0 Å². The number of likely N-dealkylation sites (N-methyl/N-ethyl adjacent to an activating group) is 1. The van der Waals surface area contributed by atoms with Gasteiger partial charge in [0.1, 0.15) is 0 Å². The van der Waals surface area contributed by atoms with Crippen LogP contribution in [0.4, 0.5) is 0 Å². The van der Waals surface area contributed by atoms with Gasteiger partial charge < -0.3 is 15.3 Å². The predicted octanol–water partition coefficient (Wildman–Crippen LogP) is 1.06. The van der Waals surface area contributed by atoms with Crippen molar-refractivity contribution in [2.75, 3.05) is 27.2 Å². The van der Waals surface area contributed by atoms with Crippen LogP contribution in [0.5, 0.6) is 0 Å². The van der Waals surface area contributed by atoms with E-state index in [2.05, 4.69) is 5.32 Å². The monoisotopic (exact) mass is 347 g/mol. The minimum Gasteiger partial charge on any atom is -0.480 e. The fourth-order valence-electron chi connectivity index (χ4n) is 3.00. The standard InChI is InChI=1S/C18H25N3O4/c1-4-21(11-16(22)23)15-9-14(10-15)19-17(24)12-6-5-7-13(8-12)18(25)20(2)3/h5-8,14-15H,4,9-11H2,1-3H3,(H,19,24)(H,22,23). The first-order chi connectivity index (χ1) is 11.8. The summed E-state index contributed by atoms with van der Waals surface area (Å²) in [7, 11) is 3.33. The zero-order chi connectivity index (χ0) is 18.6. The number of nitrogens with one attached hydrogen (secondary N) is 1. The number of carboxylic acid groups (broad SMARTS) is 1. The second-order valence-electron chi connectivity index (χ2n) is 6.53. The Hall–Kier alpha value is -2.41. The normalized spacial score (nSPS) is 19.2. The third-order valence-corrected chi connectivity index (χ3v) is 4.49. The van der Waals surface area contributed by atoms with E-state index in [9.17, 15) is 14.4 Å². The summed E-state index contributed by atoms with van der Waals surface area (Å²) in [5, 5.41) is 11.9. The van der Waals surface area contributed by atoms with Crippen molar-refractivity contribution in [3.8, 4) is 0 Å². The number of hydrogen-bond donors (Lipinski definition) is 2. The molecule has 0 spiro atoms. The number of hydrogen-bond acceptors (Lipinski definition) is 4. The third-order valence-electron chi connectivity index (χ3n) is 4.49. The van der Waals surface area contributed by atoms with Gasteiger partial charge in [0.05, 0.1) is 6.54 Å². The molecule has 1 aromatic carbocycles. The summed E-state index contributed by atoms with van der Waals surface area (Å²) < 4.78 is 0. The SMILES string of the molecule is CCN(CC(=O)O)C1CC(NC(=O)c2cccc(C(=O)N(C)C)c2)C1. The molecule has 0 saturated heterocycles. The number of carboxylic acids is 1. The molecule has 1 aromatic rings. The zero-order valence-electron chi connectivity index (χ0n) is 14.9. The van der Waals surface area contributed by atoms with Crippen LogP contribution in [0.2, 0.25) is 0 Å². The quantitative estimate of drug-likeness (QED) is 0.770. The highest BCUT2D eigenvalue weighted by atomic mass is 16.4. The van der Waals surface area contributed by atoms with Crippen molar-refractivity contribution in [3.63, 3.8) is 0 Å². The summed E-state index contributed by atoms with van der Waals surface area (Å²) >= 11 is 0. The van der Waals surface area contributed by atoms with E-state index in [1.165, 1.54) is 4.90 Å². The largest absolute Gasteiger partial charge is 0.480 e. The molecule has 0 atom stereocenters. The molecule has 0 radical (unpaired) electrons. The molecular weight excluding hydrogens is 322 g/mol. The molecule has 2 amide bonds. The lowest BCUT2D eigenvalue weighted by atomic mass is 9.85. The Morgan fingerprint density at radius 3 is 2.40 bits per heavy atom. The zero-order valence-corrected chi connectivity index (χ0v) is 14.9. The van der Waals surface area contributed by atoms with E-state index in [1.54, 1.807) is 38.4 Å². The van der Waals surface area contributed by atoms with E-state index in [4.69, 9.17) is 5.11 Å². The van der Waals surface area contributed by atoms with Crippen LogP contribution in [0.1, 0.15) is 40.5 Å². The molecule has 0 heterocycles. The van der Waals surface area contributed by atoms with Crippen molar-refractivity contribution in [2.24, 2.45) is 0 Å². The van der Waals surface area contributed by atoms with Gasteiger partial charge in [0, 0.05) is 37.3 Å². The van der Waals surface area contributed by atoms with Crippen LogP contribution in [-0.4, -0.2) is 72.0 Å². The first-order valence-electron chi connectivity index (χ1n) is 8.40. The maximum absolute atomic E-state index is 12.4. The van der Waals surface area contributed by atoms with Crippen molar-refractivity contribution in [3.05, 3.63) is 35.4 Å². The summed E-state index contributed by atoms with van der Waals surface area (Å²) in [6, 6.07) is 6.88. The Morgan fingerprint density at radius 2 is 1.84 bits per heavy atom. The van der Waals surface area contributed by atoms with Gasteiger partial charge in [-0.25, -0.2) is 0 Å². The fourth-order valence-corrected chi connectivity index (χ4v) is 3.00. The summed E-state index contributed by atoms with van der Waals surface area (Å²) in [5.41, 5.74) is 0.928. The number of amides is 2. The summed E-state index contributed by atoms with van der Waals surface area (Å²) in [6.07, 6.45) is 1.48. The van der Waals surface area contributed by atoms with Crippen LogP contribution in [0.3, 0.4) is 0 Å². The lowest BCUT2D eigenvalue weighted by molar-refractivity contribution is -0.139. The van der Waals surface area contributed by atoms with Crippen molar-refractivity contribution in [1.29, 1.82) is 0 Å². The molecule has 1 aliphatic carbocycles. The Balaban J connectivity index is 1.91. The van der Waals surface area contributed by atoms with Gasteiger partial charge in [-0.2, -0.15) is 0 Å². The summed E-state index contributed by atoms with van der Waals surface area (Å²) in [4.78, 5) is 38.6. The predicted molar refractivity (Wildman–Crippen MR) is 93.6 cm³/mol. The Labute approximate surface area is 147 Å². The van der Waals surface area contributed by atoms with Crippen LogP contribution in [0, 0.1) is 0 Å². The van der Waals surface area contributed by atoms with Crippen LogP contribution < -0.4 is 5.32 Å². The van der Waals surface area contributed by atoms with Gasteiger partial charge in [-0.15, -0.1) is 0 Å². The van der Waals surface area contributed by atoms with E-state index < -0.39 is 5.97 Å². The van der Waals surface area contributed by atoms with Crippen LogP contribution in [0.15, 0.2) is 24.3 Å². The molecule has 1 saturated carbocycles. The molecule has 25 heavy (non-hydrogen) atoms. The van der Waals surface area contributed by atoms with E-state index >= 15 is 0 Å². The van der Waals surface area contributed by atoms with Gasteiger partial charge in [0.15, 0.2) is 0 Å². The van der Waals surface area contributed by atoms with Crippen LogP contribution in [-0.2, 0) is 4.79 Å². The van der Waals surface area contributed by atoms with E-state index in [1.807, 2.05) is 11.8 Å². The molecule has 0 aliphatic heterocycles. The number of benzene rings is 1. The average molecular weight is 347 g/mol. The maximum atomic E-state index is 12.4. The van der Waals surface area contributed by atoms with Gasteiger partial charge in [0.25, 0.3) is 11.8 Å². The first-order valence-corrected chi connectivity index (χ1v) is 8.40. The smallest absolute Gasteiger partial charge is 0.317 e. The van der Waals surface area contributed by atoms with Gasteiger partial charge in [-0.05, 0) is 37.6 Å². The highest BCUT2D eigenvalue weighted by Gasteiger charge is 2.34. The Bertz CT molecular complexity index is 653. The highest BCUT2D eigenvalue weighted by Crippen LogP contribution is 2.26. The van der Waals surface area contributed by atoms with E-state index in [-0.39, 0.29) is 30.4 Å². The molecule has 7 nitrogen and oxygen atoms in total. The number of nitrogens with zero attached hydrogens (tertiary/aromatic N) is 2. The van der Waals surface area contributed by atoms with E-state index in [0.29, 0.717) is 17.7 Å². The highest BCUT2D eigenvalue weighted by molar-refractivity contribution is 5.99. The van der Waals surface area contributed by atoms with Gasteiger partial charge in [-0.3, -0.25) is 19.3 Å². The molecule has 0 bridgehead atoms. The Morgan fingerprint density at radius 1 is 1.20 bits per heavy atom.